The zero-order chi connectivity index (χ0) is 21.5. The Morgan fingerprint density at radius 2 is 1.70 bits per heavy atom. The topological polar surface area (TPSA) is 124 Å². The lowest BCUT2D eigenvalue weighted by Crippen LogP contribution is -2.29. The van der Waals surface area contributed by atoms with E-state index < -0.39 is 28.7 Å². The van der Waals surface area contributed by atoms with Crippen LogP contribution >= 0.6 is 0 Å². The molecule has 0 aliphatic heterocycles. The highest BCUT2D eigenvalue weighted by atomic mass is 19.1. The molecule has 0 aliphatic carbocycles. The fraction of sp³-hybridized carbons (Fsp3) is 0.143. The van der Waals surface area contributed by atoms with Crippen molar-refractivity contribution in [3.05, 3.63) is 93.4 Å². The molecule has 3 aromatic rings. The monoisotopic (exact) mass is 410 g/mol. The molecule has 2 aromatic carbocycles. The molecule has 4 N–H and O–H groups in total. The lowest BCUT2D eigenvalue weighted by Gasteiger charge is -2.09. The van der Waals surface area contributed by atoms with E-state index in [-0.39, 0.29) is 31.2 Å². The van der Waals surface area contributed by atoms with Gasteiger partial charge in [-0.25, -0.2) is 9.37 Å². The lowest BCUT2D eigenvalue weighted by atomic mass is 10.2. The molecule has 0 saturated carbocycles. The molecule has 30 heavy (non-hydrogen) atoms. The highest BCUT2D eigenvalue weighted by molar-refractivity contribution is 5.95. The molecule has 0 atom stereocenters. The van der Waals surface area contributed by atoms with E-state index in [4.69, 9.17) is 0 Å². The number of carbonyl (C=O) groups is 2. The number of nitrogens with zero attached hydrogens (tertiary/aromatic N) is 1. The summed E-state index contributed by atoms with van der Waals surface area (Å²) in [4.78, 5) is 42.7. The van der Waals surface area contributed by atoms with E-state index in [9.17, 15) is 23.9 Å². The fourth-order valence-corrected chi connectivity index (χ4v) is 2.64. The number of amides is 2. The van der Waals surface area contributed by atoms with Crippen LogP contribution in [0.25, 0.3) is 0 Å². The smallest absolute Gasteiger partial charge is 0.293 e. The quantitative estimate of drug-likeness (QED) is 0.470. The van der Waals surface area contributed by atoms with Gasteiger partial charge in [0.25, 0.3) is 17.4 Å². The second-order valence-corrected chi connectivity index (χ2v) is 6.39. The van der Waals surface area contributed by atoms with Crippen LogP contribution in [0.15, 0.2) is 59.4 Å². The number of nitrogens with one attached hydrogen (secondary N) is 3. The van der Waals surface area contributed by atoms with Crippen LogP contribution in [-0.2, 0) is 13.0 Å². The SMILES string of the molecule is O=C(NCCc1nc(C(=O)NCc2ccc(F)cc2)c(O)c(=O)[nH]1)c1ccccc1. The zero-order valence-corrected chi connectivity index (χ0v) is 15.8. The van der Waals surface area contributed by atoms with Crippen molar-refractivity contribution in [3.63, 3.8) is 0 Å². The van der Waals surface area contributed by atoms with E-state index in [1.165, 1.54) is 24.3 Å². The van der Waals surface area contributed by atoms with Crippen LogP contribution in [0.5, 0.6) is 5.75 Å². The number of hydrogen-bond acceptors (Lipinski definition) is 5. The third-order valence-electron chi connectivity index (χ3n) is 4.21. The predicted octanol–water partition coefficient (Wildman–Crippen LogP) is 1.52. The third kappa shape index (κ3) is 5.28. The second-order valence-electron chi connectivity index (χ2n) is 6.39. The summed E-state index contributed by atoms with van der Waals surface area (Å²) in [6, 6.07) is 14.1. The van der Waals surface area contributed by atoms with Crippen molar-refractivity contribution >= 4 is 11.8 Å². The first-order valence-corrected chi connectivity index (χ1v) is 9.12. The van der Waals surface area contributed by atoms with Gasteiger partial charge in [0.1, 0.15) is 11.6 Å². The zero-order valence-electron chi connectivity index (χ0n) is 15.8. The van der Waals surface area contributed by atoms with Gasteiger partial charge in [-0.1, -0.05) is 30.3 Å². The van der Waals surface area contributed by atoms with Gasteiger partial charge in [-0.15, -0.1) is 0 Å². The summed E-state index contributed by atoms with van der Waals surface area (Å²) >= 11 is 0. The second kappa shape index (κ2) is 9.46. The van der Waals surface area contributed by atoms with Crippen molar-refractivity contribution in [1.82, 2.24) is 20.6 Å². The van der Waals surface area contributed by atoms with Crippen LogP contribution in [0.1, 0.15) is 32.2 Å². The number of aromatic hydroxyl groups is 1. The van der Waals surface area contributed by atoms with E-state index in [1.54, 1.807) is 30.3 Å². The standard InChI is InChI=1S/C21H19FN4O4/c22-15-8-6-13(7-9-15)12-24-20(29)17-18(27)21(30)26-16(25-17)10-11-23-19(28)14-4-2-1-3-5-14/h1-9,27H,10-12H2,(H,23,28)(H,24,29)(H,25,26,30). The Morgan fingerprint density at radius 3 is 2.40 bits per heavy atom. The van der Waals surface area contributed by atoms with Gasteiger partial charge in [-0.2, -0.15) is 0 Å². The Hall–Kier alpha value is -4.01. The summed E-state index contributed by atoms with van der Waals surface area (Å²) in [5, 5.41) is 15.1. The van der Waals surface area contributed by atoms with E-state index in [0.29, 0.717) is 11.1 Å². The summed E-state index contributed by atoms with van der Waals surface area (Å²) in [6.07, 6.45) is 0.145. The van der Waals surface area contributed by atoms with E-state index in [0.717, 1.165) is 0 Å². The Kier molecular flexibility index (Phi) is 6.53. The van der Waals surface area contributed by atoms with Crippen LogP contribution < -0.4 is 16.2 Å². The highest BCUT2D eigenvalue weighted by Crippen LogP contribution is 2.09. The highest BCUT2D eigenvalue weighted by Gasteiger charge is 2.18. The average Bonchev–Trinajstić information content (AvgIpc) is 2.76. The van der Waals surface area contributed by atoms with Crippen molar-refractivity contribution in [2.75, 3.05) is 6.54 Å². The van der Waals surface area contributed by atoms with Crippen LogP contribution in [-0.4, -0.2) is 33.4 Å². The summed E-state index contributed by atoms with van der Waals surface area (Å²) < 4.78 is 12.9. The molecular weight excluding hydrogens is 391 g/mol. The molecule has 1 heterocycles. The molecular formula is C21H19FN4O4. The molecule has 0 radical (unpaired) electrons. The number of rotatable bonds is 7. The average molecular weight is 410 g/mol. The molecule has 9 heteroatoms. The Labute approximate surface area is 170 Å². The number of H-pyrrole nitrogens is 1. The van der Waals surface area contributed by atoms with E-state index >= 15 is 0 Å². The largest absolute Gasteiger partial charge is 0.501 e. The van der Waals surface area contributed by atoms with Crippen molar-refractivity contribution in [3.8, 4) is 5.75 Å². The first-order chi connectivity index (χ1) is 14.4. The van der Waals surface area contributed by atoms with Crippen molar-refractivity contribution < 1.29 is 19.1 Å². The minimum atomic E-state index is -0.860. The van der Waals surface area contributed by atoms with E-state index in [1.807, 2.05) is 0 Å². The van der Waals surface area contributed by atoms with Gasteiger partial charge in [-0.3, -0.25) is 14.4 Å². The Bertz CT molecular complexity index is 1100. The maximum Gasteiger partial charge on any atom is 0.293 e. The summed E-state index contributed by atoms with van der Waals surface area (Å²) in [5.41, 5.74) is -0.157. The van der Waals surface area contributed by atoms with Crippen LogP contribution in [0.2, 0.25) is 0 Å². The predicted molar refractivity (Wildman–Crippen MR) is 107 cm³/mol. The van der Waals surface area contributed by atoms with Crippen LogP contribution in [0.3, 0.4) is 0 Å². The third-order valence-corrected chi connectivity index (χ3v) is 4.21. The van der Waals surface area contributed by atoms with E-state index in [2.05, 4.69) is 20.6 Å². The van der Waals surface area contributed by atoms with Gasteiger partial charge in [0, 0.05) is 25.1 Å². The first-order valence-electron chi connectivity index (χ1n) is 9.12. The van der Waals surface area contributed by atoms with Gasteiger partial charge in [0.15, 0.2) is 5.69 Å². The van der Waals surface area contributed by atoms with Crippen molar-refractivity contribution in [1.29, 1.82) is 0 Å². The maximum absolute atomic E-state index is 12.9. The van der Waals surface area contributed by atoms with Crippen LogP contribution in [0, 0.1) is 5.82 Å². The first kappa shape index (κ1) is 20.7. The Balaban J connectivity index is 1.63. The van der Waals surface area contributed by atoms with Gasteiger partial charge in [0.2, 0.25) is 5.75 Å². The van der Waals surface area contributed by atoms with Crippen LogP contribution in [0.4, 0.5) is 4.39 Å². The lowest BCUT2D eigenvalue weighted by molar-refractivity contribution is 0.0936. The molecule has 0 spiro atoms. The Morgan fingerprint density at radius 1 is 1.00 bits per heavy atom. The normalized spacial score (nSPS) is 10.4. The van der Waals surface area contributed by atoms with Gasteiger partial charge in [-0.05, 0) is 29.8 Å². The molecule has 1 aromatic heterocycles. The van der Waals surface area contributed by atoms with Gasteiger partial charge >= 0.3 is 0 Å². The van der Waals surface area contributed by atoms with Crippen molar-refractivity contribution in [2.45, 2.75) is 13.0 Å². The number of carbonyl (C=O) groups excluding carboxylic acids is 2. The molecule has 0 fully saturated rings. The molecule has 0 saturated heterocycles. The molecule has 0 aliphatic rings. The molecule has 3 rings (SSSR count). The number of hydrogen-bond donors (Lipinski definition) is 4. The maximum atomic E-state index is 12.9. The minimum Gasteiger partial charge on any atom is -0.501 e. The van der Waals surface area contributed by atoms with Crippen molar-refractivity contribution in [2.24, 2.45) is 0 Å². The fourth-order valence-electron chi connectivity index (χ4n) is 2.64. The summed E-state index contributed by atoms with van der Waals surface area (Å²) in [5.74, 6) is -2.10. The number of aromatic amines is 1. The summed E-state index contributed by atoms with van der Waals surface area (Å²) in [6.45, 7) is 0.230. The molecule has 0 unspecified atom stereocenters. The minimum absolute atomic E-state index is 0.0650. The number of aromatic nitrogens is 2. The summed E-state index contributed by atoms with van der Waals surface area (Å²) in [7, 11) is 0. The van der Waals surface area contributed by atoms with Gasteiger partial charge in [0.05, 0.1) is 0 Å². The molecule has 8 nitrogen and oxygen atoms in total. The molecule has 2 amide bonds. The molecule has 154 valence electrons. The number of halogens is 1. The van der Waals surface area contributed by atoms with Gasteiger partial charge < -0.3 is 20.7 Å². The molecule has 0 bridgehead atoms. The number of benzene rings is 2.